The van der Waals surface area contributed by atoms with Gasteiger partial charge in [0.05, 0.1) is 0 Å². The van der Waals surface area contributed by atoms with Gasteiger partial charge in [0.15, 0.2) is 5.76 Å². The van der Waals surface area contributed by atoms with Crippen molar-refractivity contribution in [3.8, 4) is 11.3 Å². The molecule has 82 valence electrons. The minimum absolute atomic E-state index is 0.157. The van der Waals surface area contributed by atoms with Crippen LogP contribution in [-0.2, 0) is 0 Å². The number of halogens is 2. The van der Waals surface area contributed by atoms with Gasteiger partial charge in [-0.2, -0.15) is 0 Å². The van der Waals surface area contributed by atoms with Crippen molar-refractivity contribution in [2.45, 2.75) is 0 Å². The summed E-state index contributed by atoms with van der Waals surface area (Å²) in [6, 6.07) is 6.88. The molecule has 1 aromatic heterocycles. The Morgan fingerprint density at radius 3 is 2.81 bits per heavy atom. The highest BCUT2D eigenvalue weighted by molar-refractivity contribution is 9.10. The van der Waals surface area contributed by atoms with E-state index < -0.39 is 5.97 Å². The minimum atomic E-state index is -1.15. The van der Waals surface area contributed by atoms with E-state index >= 15 is 0 Å². The van der Waals surface area contributed by atoms with Crippen LogP contribution in [0.3, 0.4) is 0 Å². The average Bonchev–Trinajstić information content (AvgIpc) is 2.60. The molecule has 0 bridgehead atoms. The quantitative estimate of drug-likeness (QED) is 0.923. The van der Waals surface area contributed by atoms with E-state index in [1.165, 1.54) is 0 Å². The highest BCUT2D eigenvalue weighted by Crippen LogP contribution is 2.32. The third-order valence-corrected chi connectivity index (χ3v) is 2.90. The van der Waals surface area contributed by atoms with Crippen molar-refractivity contribution in [1.29, 1.82) is 0 Å². The van der Waals surface area contributed by atoms with Crippen molar-refractivity contribution in [2.24, 2.45) is 0 Å². The molecule has 0 saturated heterocycles. The first-order valence-corrected chi connectivity index (χ1v) is 5.41. The topological polar surface area (TPSA) is 63.3 Å². The van der Waals surface area contributed by atoms with Gasteiger partial charge in [0.1, 0.15) is 4.47 Å². The number of hydrogen-bond acceptors (Lipinski definition) is 3. The first kappa shape index (κ1) is 11.2. The smallest absolute Gasteiger partial charge is 0.359 e. The predicted molar refractivity (Wildman–Crippen MR) is 61.6 cm³/mol. The molecule has 0 aliphatic rings. The molecule has 0 aliphatic carbocycles. The highest BCUT2D eigenvalue weighted by atomic mass is 79.9. The number of hydrogen-bond donors (Lipinski definition) is 1. The largest absolute Gasteiger partial charge is 0.476 e. The molecule has 2 rings (SSSR count). The molecule has 6 heteroatoms. The lowest BCUT2D eigenvalue weighted by atomic mass is 10.1. The van der Waals surface area contributed by atoms with Crippen molar-refractivity contribution in [1.82, 2.24) is 5.16 Å². The Kier molecular flexibility index (Phi) is 2.98. The molecule has 0 aliphatic heterocycles. The van der Waals surface area contributed by atoms with Crippen molar-refractivity contribution in [2.75, 3.05) is 0 Å². The normalized spacial score (nSPS) is 10.4. The molecular weight excluding hydrogens is 297 g/mol. The average molecular weight is 303 g/mol. The molecule has 4 nitrogen and oxygen atoms in total. The monoisotopic (exact) mass is 301 g/mol. The molecule has 0 unspecified atom stereocenters. The first-order chi connectivity index (χ1) is 7.59. The Morgan fingerprint density at radius 1 is 1.50 bits per heavy atom. The standard InChI is InChI=1S/C10H5BrClNO3/c11-7-8(10(14)15)13-16-9(7)5-2-1-3-6(12)4-5/h1-4H,(H,14,15). The van der Waals surface area contributed by atoms with Gasteiger partial charge in [0.25, 0.3) is 0 Å². The van der Waals surface area contributed by atoms with E-state index in [4.69, 9.17) is 21.2 Å². The van der Waals surface area contributed by atoms with Crippen molar-refractivity contribution in [3.05, 3.63) is 39.5 Å². The molecule has 0 amide bonds. The van der Waals surface area contributed by atoms with Crippen LogP contribution >= 0.6 is 27.5 Å². The van der Waals surface area contributed by atoms with Gasteiger partial charge in [-0.3, -0.25) is 0 Å². The van der Waals surface area contributed by atoms with E-state index in [-0.39, 0.29) is 5.69 Å². The predicted octanol–water partition coefficient (Wildman–Crippen LogP) is 3.46. The molecular formula is C10H5BrClNO3. The number of aromatic carboxylic acids is 1. The van der Waals surface area contributed by atoms with Crippen molar-refractivity contribution in [3.63, 3.8) is 0 Å². The lowest BCUT2D eigenvalue weighted by Crippen LogP contribution is -1.96. The van der Waals surface area contributed by atoms with Crippen LogP contribution < -0.4 is 0 Å². The summed E-state index contributed by atoms with van der Waals surface area (Å²) in [5.74, 6) is -0.802. The number of rotatable bonds is 2. The molecule has 0 atom stereocenters. The van der Waals surface area contributed by atoms with Gasteiger partial charge < -0.3 is 9.63 Å². The van der Waals surface area contributed by atoms with Gasteiger partial charge >= 0.3 is 5.97 Å². The maximum Gasteiger partial charge on any atom is 0.359 e. The summed E-state index contributed by atoms with van der Waals surface area (Å²) < 4.78 is 5.27. The minimum Gasteiger partial charge on any atom is -0.476 e. The van der Waals surface area contributed by atoms with Crippen molar-refractivity contribution >= 4 is 33.5 Å². The third-order valence-electron chi connectivity index (χ3n) is 1.92. The second kappa shape index (κ2) is 4.27. The van der Waals surface area contributed by atoms with Gasteiger partial charge in [-0.15, -0.1) is 0 Å². The molecule has 0 spiro atoms. The van der Waals surface area contributed by atoms with Crippen LogP contribution in [0.25, 0.3) is 11.3 Å². The highest BCUT2D eigenvalue weighted by Gasteiger charge is 2.20. The Bertz CT molecular complexity index is 553. The Balaban J connectivity index is 2.53. The molecule has 0 radical (unpaired) electrons. The molecule has 0 fully saturated rings. The Labute approximate surface area is 104 Å². The fourth-order valence-corrected chi connectivity index (χ4v) is 1.95. The Morgan fingerprint density at radius 2 is 2.25 bits per heavy atom. The summed E-state index contributed by atoms with van der Waals surface area (Å²) in [6.07, 6.45) is 0. The number of benzene rings is 1. The van der Waals surface area contributed by atoms with Crippen molar-refractivity contribution < 1.29 is 14.4 Å². The van der Waals surface area contributed by atoms with Gasteiger partial charge in [0.2, 0.25) is 5.69 Å². The SMILES string of the molecule is O=C(O)c1noc(-c2cccc(Cl)c2)c1Br. The maximum atomic E-state index is 10.8. The Hall–Kier alpha value is -1.33. The van der Waals surface area contributed by atoms with Crippen LogP contribution in [-0.4, -0.2) is 16.2 Å². The number of carboxylic acids is 1. The number of nitrogens with zero attached hydrogens (tertiary/aromatic N) is 1. The number of carbonyl (C=O) groups is 1. The van der Waals surface area contributed by atoms with Gasteiger partial charge in [0, 0.05) is 10.6 Å². The zero-order valence-corrected chi connectivity index (χ0v) is 10.1. The third kappa shape index (κ3) is 1.96. The second-order valence-corrected chi connectivity index (χ2v) is 4.22. The van der Waals surface area contributed by atoms with Crippen LogP contribution in [0.4, 0.5) is 0 Å². The van der Waals surface area contributed by atoms with E-state index in [1.807, 2.05) is 0 Å². The summed E-state index contributed by atoms with van der Waals surface area (Å²) in [5.41, 5.74) is 0.509. The number of carboxylic acid groups (broad SMARTS) is 1. The van der Waals surface area contributed by atoms with Crippen LogP contribution in [0.2, 0.25) is 5.02 Å². The summed E-state index contributed by atoms with van der Waals surface area (Å²) in [5, 5.41) is 12.8. The van der Waals surface area contributed by atoms with E-state index in [0.29, 0.717) is 20.8 Å². The zero-order valence-electron chi connectivity index (χ0n) is 7.78. The van der Waals surface area contributed by atoms with Crippen LogP contribution in [0.15, 0.2) is 33.3 Å². The summed E-state index contributed by atoms with van der Waals surface area (Å²) >= 11 is 8.96. The molecule has 1 aromatic carbocycles. The van der Waals surface area contributed by atoms with Gasteiger partial charge in [-0.1, -0.05) is 28.9 Å². The summed E-state index contributed by atoms with van der Waals surface area (Å²) in [6.45, 7) is 0. The van der Waals surface area contributed by atoms with E-state index in [1.54, 1.807) is 24.3 Å². The fraction of sp³-hybridized carbons (Fsp3) is 0. The van der Waals surface area contributed by atoms with Gasteiger partial charge in [-0.25, -0.2) is 4.79 Å². The number of aromatic nitrogens is 1. The zero-order chi connectivity index (χ0) is 11.7. The lowest BCUT2D eigenvalue weighted by molar-refractivity contribution is 0.0685. The molecule has 1 heterocycles. The first-order valence-electron chi connectivity index (χ1n) is 4.24. The molecule has 2 aromatic rings. The molecule has 16 heavy (non-hydrogen) atoms. The lowest BCUT2D eigenvalue weighted by Gasteiger charge is -1.96. The van der Waals surface area contributed by atoms with Crippen LogP contribution in [0, 0.1) is 0 Å². The van der Waals surface area contributed by atoms with Crippen LogP contribution in [0.1, 0.15) is 10.5 Å². The van der Waals surface area contributed by atoms with Gasteiger partial charge in [-0.05, 0) is 28.1 Å². The van der Waals surface area contributed by atoms with Crippen LogP contribution in [0.5, 0.6) is 0 Å². The molecule has 1 N–H and O–H groups in total. The maximum absolute atomic E-state index is 10.8. The summed E-state index contributed by atoms with van der Waals surface area (Å²) in [4.78, 5) is 10.8. The second-order valence-electron chi connectivity index (χ2n) is 2.99. The fourth-order valence-electron chi connectivity index (χ4n) is 1.22. The van der Waals surface area contributed by atoms with E-state index in [2.05, 4.69) is 21.1 Å². The summed E-state index contributed by atoms with van der Waals surface area (Å²) in [7, 11) is 0. The van der Waals surface area contributed by atoms with E-state index in [0.717, 1.165) is 0 Å². The van der Waals surface area contributed by atoms with E-state index in [9.17, 15) is 4.79 Å². The molecule has 0 saturated carbocycles.